The van der Waals surface area contributed by atoms with Gasteiger partial charge in [0.25, 0.3) is 0 Å². The number of pyridine rings is 1. The molecule has 2 aromatic heterocycles. The van der Waals surface area contributed by atoms with Crippen LogP contribution in [0, 0.1) is 6.92 Å². The van der Waals surface area contributed by atoms with Gasteiger partial charge in [0.1, 0.15) is 0 Å². The summed E-state index contributed by atoms with van der Waals surface area (Å²) in [6, 6.07) is 3.54. The maximum atomic E-state index is 11.9. The lowest BCUT2D eigenvalue weighted by Crippen LogP contribution is -2.06. The van der Waals surface area contributed by atoms with Gasteiger partial charge in [0.2, 0.25) is 0 Å². The van der Waals surface area contributed by atoms with Gasteiger partial charge in [0.05, 0.1) is 12.1 Å². The van der Waals surface area contributed by atoms with Crippen molar-refractivity contribution in [3.63, 3.8) is 0 Å². The molecule has 0 aromatic carbocycles. The highest BCUT2D eigenvalue weighted by molar-refractivity contribution is 5.98. The van der Waals surface area contributed by atoms with Gasteiger partial charge in [-0.2, -0.15) is 0 Å². The zero-order valence-electron chi connectivity index (χ0n) is 9.21. The van der Waals surface area contributed by atoms with Gasteiger partial charge in [-0.15, -0.1) is 5.10 Å². The van der Waals surface area contributed by atoms with E-state index < -0.39 is 0 Å². The molecule has 0 saturated heterocycles. The normalized spacial score (nSPS) is 10.4. The summed E-state index contributed by atoms with van der Waals surface area (Å²) in [7, 11) is 1.77. The molecule has 16 heavy (non-hydrogen) atoms. The van der Waals surface area contributed by atoms with Crippen LogP contribution >= 0.6 is 0 Å². The molecule has 0 atom stereocenters. The van der Waals surface area contributed by atoms with Crippen molar-refractivity contribution in [1.29, 1.82) is 0 Å². The molecule has 0 aliphatic heterocycles. The largest absolute Gasteiger partial charge is 0.294 e. The molecule has 0 saturated carbocycles. The summed E-state index contributed by atoms with van der Waals surface area (Å²) >= 11 is 0. The third-order valence-corrected chi connectivity index (χ3v) is 2.30. The summed E-state index contributed by atoms with van der Waals surface area (Å²) in [6.07, 6.45) is 3.68. The van der Waals surface area contributed by atoms with Crippen LogP contribution in [-0.4, -0.2) is 25.8 Å². The lowest BCUT2D eigenvalue weighted by atomic mass is 10.1. The Morgan fingerprint density at radius 3 is 2.94 bits per heavy atom. The zero-order valence-corrected chi connectivity index (χ0v) is 9.21. The molecule has 0 amide bonds. The molecule has 0 fully saturated rings. The van der Waals surface area contributed by atoms with Crippen LogP contribution < -0.4 is 0 Å². The first-order chi connectivity index (χ1) is 7.66. The average molecular weight is 216 g/mol. The third-order valence-electron chi connectivity index (χ3n) is 2.30. The Kier molecular flexibility index (Phi) is 2.76. The maximum Gasteiger partial charge on any atom is 0.170 e. The Hall–Kier alpha value is -2.04. The van der Waals surface area contributed by atoms with E-state index in [1.54, 1.807) is 36.3 Å². The van der Waals surface area contributed by atoms with E-state index in [0.717, 1.165) is 5.69 Å². The molecule has 2 aromatic rings. The smallest absolute Gasteiger partial charge is 0.170 e. The molecule has 82 valence electrons. The highest BCUT2D eigenvalue weighted by Crippen LogP contribution is 2.08. The fraction of sp³-hybridized carbons (Fsp3) is 0.273. The number of Topliss-reactive ketones (excluding diaryl/α,β-unsaturated/α-hetero) is 1. The molecule has 2 heterocycles. The van der Waals surface area contributed by atoms with Crippen molar-refractivity contribution in [2.45, 2.75) is 13.3 Å². The van der Waals surface area contributed by atoms with Crippen molar-refractivity contribution in [3.05, 3.63) is 41.5 Å². The summed E-state index contributed by atoms with van der Waals surface area (Å²) in [5, 5.41) is 7.67. The molecule has 5 nitrogen and oxygen atoms in total. The van der Waals surface area contributed by atoms with Gasteiger partial charge in [-0.05, 0) is 19.1 Å². The number of hydrogen-bond donors (Lipinski definition) is 0. The van der Waals surface area contributed by atoms with Crippen molar-refractivity contribution >= 4 is 5.78 Å². The Bertz CT molecular complexity index is 518. The van der Waals surface area contributed by atoms with Crippen LogP contribution in [0.2, 0.25) is 0 Å². The number of nitrogens with zero attached hydrogens (tertiary/aromatic N) is 4. The number of aryl methyl sites for hydroxylation is 2. The van der Waals surface area contributed by atoms with Crippen molar-refractivity contribution in [2.75, 3.05) is 0 Å². The number of rotatable bonds is 3. The summed E-state index contributed by atoms with van der Waals surface area (Å²) in [5.74, 6) is 0.0195. The molecule has 0 N–H and O–H groups in total. The maximum absolute atomic E-state index is 11.9. The highest BCUT2D eigenvalue weighted by Gasteiger charge is 2.11. The predicted molar refractivity (Wildman–Crippen MR) is 58.0 cm³/mol. The number of carbonyl (C=O) groups is 1. The summed E-state index contributed by atoms with van der Waals surface area (Å²) < 4.78 is 1.58. The first-order valence-corrected chi connectivity index (χ1v) is 4.97. The minimum Gasteiger partial charge on any atom is -0.294 e. The van der Waals surface area contributed by atoms with Crippen LogP contribution in [0.25, 0.3) is 0 Å². The first kappa shape index (κ1) is 10.5. The van der Waals surface area contributed by atoms with E-state index in [-0.39, 0.29) is 12.2 Å². The molecular weight excluding hydrogens is 204 g/mol. The second kappa shape index (κ2) is 4.22. The number of ketones is 1. The number of carbonyl (C=O) groups excluding carboxylic acids is 1. The summed E-state index contributed by atoms with van der Waals surface area (Å²) in [5.41, 5.74) is 2.07. The average Bonchev–Trinajstić information content (AvgIpc) is 2.64. The minimum atomic E-state index is 0.0195. The van der Waals surface area contributed by atoms with Gasteiger partial charge in [-0.3, -0.25) is 14.5 Å². The van der Waals surface area contributed by atoms with Gasteiger partial charge < -0.3 is 0 Å². The molecule has 0 radical (unpaired) electrons. The summed E-state index contributed by atoms with van der Waals surface area (Å²) in [6.45, 7) is 1.82. The van der Waals surface area contributed by atoms with E-state index in [1.165, 1.54) is 0 Å². The molecule has 5 heteroatoms. The van der Waals surface area contributed by atoms with Crippen molar-refractivity contribution < 1.29 is 4.79 Å². The lowest BCUT2D eigenvalue weighted by molar-refractivity contribution is 0.0991. The van der Waals surface area contributed by atoms with E-state index in [9.17, 15) is 4.79 Å². The second-order valence-corrected chi connectivity index (χ2v) is 3.62. The van der Waals surface area contributed by atoms with Gasteiger partial charge in [0, 0.05) is 30.7 Å². The van der Waals surface area contributed by atoms with Crippen LogP contribution in [0.15, 0.2) is 24.5 Å². The molecule has 0 aliphatic rings. The van der Waals surface area contributed by atoms with Crippen molar-refractivity contribution in [3.8, 4) is 0 Å². The monoisotopic (exact) mass is 216 g/mol. The van der Waals surface area contributed by atoms with E-state index >= 15 is 0 Å². The lowest BCUT2D eigenvalue weighted by Gasteiger charge is -2.01. The highest BCUT2D eigenvalue weighted by atomic mass is 16.1. The topological polar surface area (TPSA) is 60.7 Å². The van der Waals surface area contributed by atoms with Gasteiger partial charge >= 0.3 is 0 Å². The van der Waals surface area contributed by atoms with Crippen LogP contribution in [0.3, 0.4) is 0 Å². The molecule has 0 bridgehead atoms. The van der Waals surface area contributed by atoms with Crippen LogP contribution in [0.1, 0.15) is 21.7 Å². The standard InChI is InChI=1S/C11H12N4O/c1-8-10(4-3-5-12-8)11(16)6-9-7-15(2)14-13-9/h3-5,7H,6H2,1-2H3. The second-order valence-electron chi connectivity index (χ2n) is 3.62. The molecule has 0 aliphatic carbocycles. The van der Waals surface area contributed by atoms with Crippen molar-refractivity contribution in [1.82, 2.24) is 20.0 Å². The van der Waals surface area contributed by atoms with E-state index in [2.05, 4.69) is 15.3 Å². The Balaban J connectivity index is 2.18. The molecule has 0 unspecified atom stereocenters. The van der Waals surface area contributed by atoms with Gasteiger partial charge in [-0.1, -0.05) is 5.21 Å². The molecule has 2 rings (SSSR count). The SMILES string of the molecule is Cc1ncccc1C(=O)Cc1cn(C)nn1. The Labute approximate surface area is 93.1 Å². The van der Waals surface area contributed by atoms with E-state index in [0.29, 0.717) is 11.3 Å². The van der Waals surface area contributed by atoms with Crippen molar-refractivity contribution in [2.24, 2.45) is 7.05 Å². The van der Waals surface area contributed by atoms with Gasteiger partial charge in [-0.25, -0.2) is 0 Å². The quantitative estimate of drug-likeness (QED) is 0.716. The Morgan fingerprint density at radius 1 is 1.50 bits per heavy atom. The minimum absolute atomic E-state index is 0.0195. The fourth-order valence-electron chi connectivity index (χ4n) is 1.51. The molecular formula is C11H12N4O. The van der Waals surface area contributed by atoms with Crippen LogP contribution in [0.5, 0.6) is 0 Å². The van der Waals surface area contributed by atoms with E-state index in [1.807, 2.05) is 6.92 Å². The third kappa shape index (κ3) is 2.13. The Morgan fingerprint density at radius 2 is 2.31 bits per heavy atom. The summed E-state index contributed by atoms with van der Waals surface area (Å²) in [4.78, 5) is 16.0. The van der Waals surface area contributed by atoms with E-state index in [4.69, 9.17) is 0 Å². The number of aromatic nitrogens is 4. The number of hydrogen-bond acceptors (Lipinski definition) is 4. The molecule has 0 spiro atoms. The van der Waals surface area contributed by atoms with Crippen LogP contribution in [0.4, 0.5) is 0 Å². The first-order valence-electron chi connectivity index (χ1n) is 4.97. The fourth-order valence-corrected chi connectivity index (χ4v) is 1.51. The zero-order chi connectivity index (χ0) is 11.5. The predicted octanol–water partition coefficient (Wildman–Crippen LogP) is 0.944. The van der Waals surface area contributed by atoms with Gasteiger partial charge in [0.15, 0.2) is 5.78 Å². The van der Waals surface area contributed by atoms with Crippen LogP contribution in [-0.2, 0) is 13.5 Å².